The Morgan fingerprint density at radius 2 is 1.60 bits per heavy atom. The van der Waals surface area contributed by atoms with E-state index in [9.17, 15) is 33.6 Å². The SMILES string of the molecule is CCCC(NC(=O)C1C2CC2CN1C(=O)C(NC(=O)OC(C)C(C)C)C1(C)CCCCC1)C(=O)C(=O)NCC(=O)NC(C(=O)N(C)C)c1ccccc1. The molecule has 1 aromatic carbocycles. The summed E-state index contributed by atoms with van der Waals surface area (Å²) in [5.41, 5.74) is 0.0236. The first-order chi connectivity index (χ1) is 25.1. The van der Waals surface area contributed by atoms with Crippen molar-refractivity contribution in [3.63, 3.8) is 0 Å². The summed E-state index contributed by atoms with van der Waals surface area (Å²) in [6.07, 6.45) is 4.70. The van der Waals surface area contributed by atoms with Crippen molar-refractivity contribution in [3.05, 3.63) is 35.9 Å². The van der Waals surface area contributed by atoms with Gasteiger partial charge in [0.1, 0.15) is 24.2 Å². The molecule has 14 nitrogen and oxygen atoms in total. The maximum atomic E-state index is 14.4. The number of carbonyl (C=O) groups excluding carboxylic acids is 7. The monoisotopic (exact) mass is 738 g/mol. The number of likely N-dealkylation sites (tertiary alicyclic amines) is 1. The molecule has 0 radical (unpaired) electrons. The summed E-state index contributed by atoms with van der Waals surface area (Å²) < 4.78 is 5.60. The molecule has 7 unspecified atom stereocenters. The van der Waals surface area contributed by atoms with Gasteiger partial charge < -0.3 is 35.8 Å². The molecule has 4 rings (SSSR count). The van der Waals surface area contributed by atoms with Crippen molar-refractivity contribution in [2.75, 3.05) is 27.2 Å². The number of hydrogen-bond acceptors (Lipinski definition) is 8. The van der Waals surface area contributed by atoms with E-state index in [1.54, 1.807) is 56.3 Å². The fourth-order valence-electron chi connectivity index (χ4n) is 7.46. The lowest BCUT2D eigenvalue weighted by atomic mass is 9.70. The predicted octanol–water partition coefficient (Wildman–Crippen LogP) is 2.86. The summed E-state index contributed by atoms with van der Waals surface area (Å²) in [6, 6.07) is 4.71. The second kappa shape index (κ2) is 18.0. The van der Waals surface area contributed by atoms with E-state index < -0.39 is 65.7 Å². The lowest BCUT2D eigenvalue weighted by Gasteiger charge is -2.42. The number of rotatable bonds is 16. The predicted molar refractivity (Wildman–Crippen MR) is 197 cm³/mol. The molecule has 0 aromatic heterocycles. The van der Waals surface area contributed by atoms with E-state index in [4.69, 9.17) is 4.74 Å². The summed E-state index contributed by atoms with van der Waals surface area (Å²) in [5.74, 6) is -3.78. The van der Waals surface area contributed by atoms with Gasteiger partial charge in [-0.15, -0.1) is 0 Å². The quantitative estimate of drug-likeness (QED) is 0.187. The molecule has 1 aliphatic heterocycles. The molecular formula is C39H58N6O8. The lowest BCUT2D eigenvalue weighted by Crippen LogP contribution is -2.61. The van der Waals surface area contributed by atoms with Crippen molar-refractivity contribution in [2.45, 2.75) is 116 Å². The van der Waals surface area contributed by atoms with Crippen LogP contribution in [0.1, 0.15) is 97.6 Å². The Balaban J connectivity index is 1.43. The number of amides is 6. The molecule has 4 N–H and O–H groups in total. The summed E-state index contributed by atoms with van der Waals surface area (Å²) >= 11 is 0. The van der Waals surface area contributed by atoms with Crippen LogP contribution in [-0.4, -0.2) is 103 Å². The van der Waals surface area contributed by atoms with Crippen LogP contribution in [0, 0.1) is 23.2 Å². The third-order valence-corrected chi connectivity index (χ3v) is 11.1. The zero-order chi connectivity index (χ0) is 39.0. The zero-order valence-corrected chi connectivity index (χ0v) is 32.2. The minimum atomic E-state index is -1.19. The number of piperidine rings is 1. The van der Waals surface area contributed by atoms with Gasteiger partial charge in [-0.05, 0) is 61.3 Å². The maximum Gasteiger partial charge on any atom is 0.408 e. The number of ether oxygens (including phenoxy) is 1. The number of alkyl carbamates (subject to hydrolysis) is 1. The average Bonchev–Trinajstić information content (AvgIpc) is 3.79. The lowest BCUT2D eigenvalue weighted by molar-refractivity contribution is -0.145. The van der Waals surface area contributed by atoms with Crippen LogP contribution in [0.5, 0.6) is 0 Å². The normalized spacial score (nSPS) is 22.3. The van der Waals surface area contributed by atoms with Crippen molar-refractivity contribution in [2.24, 2.45) is 23.2 Å². The molecule has 1 saturated heterocycles. The molecule has 7 atom stereocenters. The van der Waals surface area contributed by atoms with Gasteiger partial charge >= 0.3 is 6.09 Å². The second-order valence-corrected chi connectivity index (χ2v) is 15.8. The van der Waals surface area contributed by atoms with Crippen molar-refractivity contribution < 1.29 is 38.3 Å². The molecule has 292 valence electrons. The number of carbonyl (C=O) groups is 7. The smallest absolute Gasteiger partial charge is 0.408 e. The van der Waals surface area contributed by atoms with Crippen LogP contribution in [-0.2, 0) is 33.5 Å². The summed E-state index contributed by atoms with van der Waals surface area (Å²) in [6.45, 7) is 9.29. The van der Waals surface area contributed by atoms with Gasteiger partial charge in [0, 0.05) is 20.6 Å². The Hall–Kier alpha value is -4.49. The van der Waals surface area contributed by atoms with Gasteiger partial charge in [0.05, 0.1) is 12.6 Å². The third kappa shape index (κ3) is 10.3. The Bertz CT molecular complexity index is 1510. The molecule has 6 amide bonds. The van der Waals surface area contributed by atoms with Crippen LogP contribution in [0.15, 0.2) is 30.3 Å². The molecule has 0 spiro atoms. The first kappa shape index (κ1) is 41.3. The van der Waals surface area contributed by atoms with Crippen LogP contribution in [0.25, 0.3) is 0 Å². The zero-order valence-electron chi connectivity index (χ0n) is 32.2. The Morgan fingerprint density at radius 3 is 2.21 bits per heavy atom. The first-order valence-electron chi connectivity index (χ1n) is 19.0. The molecule has 53 heavy (non-hydrogen) atoms. The van der Waals surface area contributed by atoms with Gasteiger partial charge in [-0.2, -0.15) is 0 Å². The first-order valence-corrected chi connectivity index (χ1v) is 19.0. The van der Waals surface area contributed by atoms with Crippen molar-refractivity contribution in [1.29, 1.82) is 0 Å². The Morgan fingerprint density at radius 1 is 0.943 bits per heavy atom. The Kier molecular flexibility index (Phi) is 14.0. The van der Waals surface area contributed by atoms with Gasteiger partial charge in [-0.1, -0.05) is 83.7 Å². The minimum absolute atomic E-state index is 0.0858. The number of hydrogen-bond donors (Lipinski definition) is 4. The van der Waals surface area contributed by atoms with E-state index in [0.717, 1.165) is 38.5 Å². The standard InChI is InChI=1S/C39H58N6O8/c1-8-15-28(32(47)35(49)40-21-29(46)42-30(36(50)44(6)7)25-16-11-9-12-17-25)41-34(48)31-27-20-26(27)22-45(31)37(51)33(39(5)18-13-10-14-19-39)43-38(52)53-24(4)23(2)3/h9,11-12,16-17,23-24,26-28,30-31,33H,8,10,13-15,18-22H2,1-7H3,(H,40,49)(H,41,48)(H,42,46)(H,43,52). The van der Waals surface area contributed by atoms with Gasteiger partial charge in [0.15, 0.2) is 0 Å². The molecule has 14 heteroatoms. The second-order valence-electron chi connectivity index (χ2n) is 15.8. The summed E-state index contributed by atoms with van der Waals surface area (Å²) in [4.78, 5) is 96.5. The molecule has 1 heterocycles. The molecule has 0 bridgehead atoms. The highest BCUT2D eigenvalue weighted by Crippen LogP contribution is 2.50. The van der Waals surface area contributed by atoms with Gasteiger partial charge in [0.2, 0.25) is 29.4 Å². The van der Waals surface area contributed by atoms with Crippen LogP contribution in [0.2, 0.25) is 0 Å². The number of fused-ring (bicyclic) bond motifs is 1. The Labute approximate surface area is 312 Å². The van der Waals surface area contributed by atoms with E-state index in [0.29, 0.717) is 18.5 Å². The molecule has 2 aliphatic carbocycles. The third-order valence-electron chi connectivity index (χ3n) is 11.1. The van der Waals surface area contributed by atoms with Crippen LogP contribution < -0.4 is 21.3 Å². The van der Waals surface area contributed by atoms with E-state index in [2.05, 4.69) is 21.3 Å². The van der Waals surface area contributed by atoms with E-state index in [-0.39, 0.29) is 42.1 Å². The highest BCUT2D eigenvalue weighted by Gasteiger charge is 2.59. The van der Waals surface area contributed by atoms with Crippen LogP contribution in [0.3, 0.4) is 0 Å². The summed E-state index contributed by atoms with van der Waals surface area (Å²) in [7, 11) is 3.13. The molecule has 3 aliphatic rings. The largest absolute Gasteiger partial charge is 0.446 e. The average molecular weight is 739 g/mol. The molecule has 3 fully saturated rings. The fraction of sp³-hybridized carbons (Fsp3) is 0.667. The minimum Gasteiger partial charge on any atom is -0.446 e. The van der Waals surface area contributed by atoms with E-state index in [1.165, 1.54) is 4.90 Å². The topological polar surface area (TPSA) is 183 Å². The van der Waals surface area contributed by atoms with Crippen LogP contribution >= 0.6 is 0 Å². The number of nitrogens with zero attached hydrogens (tertiary/aromatic N) is 2. The number of benzene rings is 1. The molecular weight excluding hydrogens is 680 g/mol. The van der Waals surface area contributed by atoms with Crippen molar-refractivity contribution in [1.82, 2.24) is 31.1 Å². The van der Waals surface area contributed by atoms with Crippen molar-refractivity contribution >= 4 is 41.4 Å². The van der Waals surface area contributed by atoms with E-state index in [1.807, 2.05) is 27.7 Å². The fourth-order valence-corrected chi connectivity index (χ4v) is 7.46. The van der Waals surface area contributed by atoms with Gasteiger partial charge in [-0.25, -0.2) is 4.79 Å². The van der Waals surface area contributed by atoms with E-state index >= 15 is 0 Å². The maximum absolute atomic E-state index is 14.4. The highest BCUT2D eigenvalue weighted by molar-refractivity contribution is 6.38. The van der Waals surface area contributed by atoms with Crippen molar-refractivity contribution in [3.8, 4) is 0 Å². The summed E-state index contributed by atoms with van der Waals surface area (Å²) in [5, 5.41) is 10.6. The van der Waals surface area contributed by atoms with Crippen LogP contribution in [0.4, 0.5) is 4.79 Å². The number of Topliss-reactive ketones (excluding diaryl/α,β-unsaturated/α-hetero) is 1. The number of ketones is 1. The number of likely N-dealkylation sites (N-methyl/N-ethyl adjacent to an activating group) is 1. The molecule has 2 saturated carbocycles. The highest BCUT2D eigenvalue weighted by atomic mass is 16.6. The molecule has 1 aromatic rings. The van der Waals surface area contributed by atoms with Gasteiger partial charge in [-0.3, -0.25) is 28.8 Å². The number of nitrogens with one attached hydrogen (secondary N) is 4. The van der Waals surface area contributed by atoms with Gasteiger partial charge in [0.25, 0.3) is 5.91 Å².